The van der Waals surface area contributed by atoms with Gasteiger partial charge in [-0.2, -0.15) is 4.31 Å². The van der Waals surface area contributed by atoms with Crippen LogP contribution in [0.15, 0.2) is 47.4 Å². The lowest BCUT2D eigenvalue weighted by molar-refractivity contribution is -0.131. The Morgan fingerprint density at radius 1 is 0.966 bits per heavy atom. The summed E-state index contributed by atoms with van der Waals surface area (Å²) in [6.07, 6.45) is 0. The molecule has 0 aliphatic carbocycles. The number of benzene rings is 2. The fraction of sp³-hybridized carbons (Fsp3) is 0.409. The zero-order chi connectivity index (χ0) is 21.2. The number of anilines is 1. The van der Waals surface area contributed by atoms with Crippen molar-refractivity contribution < 1.29 is 13.2 Å². The van der Waals surface area contributed by atoms with Crippen molar-refractivity contribution in [2.45, 2.75) is 25.7 Å². The highest BCUT2D eigenvalue weighted by Crippen LogP contribution is 2.20. The Kier molecular flexibility index (Phi) is 6.29. The summed E-state index contributed by atoms with van der Waals surface area (Å²) >= 11 is 0. The van der Waals surface area contributed by atoms with E-state index in [0.717, 1.165) is 34.2 Å². The molecule has 0 saturated carbocycles. The van der Waals surface area contributed by atoms with Crippen LogP contribution in [-0.4, -0.2) is 63.3 Å². The smallest absolute Gasteiger partial charge is 0.243 e. The first kappa shape index (κ1) is 21.3. The van der Waals surface area contributed by atoms with Crippen molar-refractivity contribution in [2.75, 3.05) is 44.7 Å². The van der Waals surface area contributed by atoms with E-state index in [1.54, 1.807) is 23.1 Å². The molecule has 1 heterocycles. The van der Waals surface area contributed by atoms with Gasteiger partial charge in [-0.05, 0) is 61.7 Å². The van der Waals surface area contributed by atoms with Gasteiger partial charge in [-0.15, -0.1) is 0 Å². The number of hydrogen-bond donors (Lipinski definition) is 0. The molecule has 1 amide bonds. The molecule has 0 unspecified atom stereocenters. The molecule has 29 heavy (non-hydrogen) atoms. The number of sulfonamides is 1. The minimum atomic E-state index is -3.70. The lowest BCUT2D eigenvalue weighted by Gasteiger charge is -2.36. The summed E-state index contributed by atoms with van der Waals surface area (Å²) in [6, 6.07) is 13.4. The first-order valence-corrected chi connectivity index (χ1v) is 11.3. The quantitative estimate of drug-likeness (QED) is 0.753. The number of carbonyl (C=O) groups is 1. The third-order valence-corrected chi connectivity index (χ3v) is 7.34. The third kappa shape index (κ3) is 4.79. The topological polar surface area (TPSA) is 60.9 Å². The van der Waals surface area contributed by atoms with Crippen LogP contribution < -0.4 is 4.90 Å². The Morgan fingerprint density at radius 3 is 2.28 bits per heavy atom. The fourth-order valence-corrected chi connectivity index (χ4v) is 4.67. The van der Waals surface area contributed by atoms with Crippen LogP contribution in [0.4, 0.5) is 5.69 Å². The molecular formula is C22H29N3O3S. The van der Waals surface area contributed by atoms with Crippen molar-refractivity contribution >= 4 is 21.6 Å². The first-order chi connectivity index (χ1) is 13.7. The average Bonchev–Trinajstić information content (AvgIpc) is 2.70. The monoisotopic (exact) mass is 415 g/mol. The zero-order valence-electron chi connectivity index (χ0n) is 17.6. The van der Waals surface area contributed by atoms with Crippen LogP contribution in [0.5, 0.6) is 0 Å². The number of rotatable bonds is 5. The molecule has 7 heteroatoms. The van der Waals surface area contributed by atoms with Crippen LogP contribution in [0.1, 0.15) is 16.7 Å². The van der Waals surface area contributed by atoms with Crippen LogP contribution in [0, 0.1) is 20.8 Å². The van der Waals surface area contributed by atoms with Gasteiger partial charge < -0.3 is 9.80 Å². The Balaban J connectivity index is 1.61. The molecule has 156 valence electrons. The van der Waals surface area contributed by atoms with Crippen molar-refractivity contribution in [1.29, 1.82) is 0 Å². The van der Waals surface area contributed by atoms with E-state index in [0.29, 0.717) is 13.1 Å². The van der Waals surface area contributed by atoms with Crippen LogP contribution in [0.2, 0.25) is 0 Å². The van der Waals surface area contributed by atoms with E-state index in [9.17, 15) is 13.2 Å². The molecule has 0 N–H and O–H groups in total. The van der Waals surface area contributed by atoms with Crippen molar-refractivity contribution in [2.24, 2.45) is 0 Å². The van der Waals surface area contributed by atoms with Gasteiger partial charge in [0.1, 0.15) is 0 Å². The van der Waals surface area contributed by atoms with E-state index < -0.39 is 10.0 Å². The van der Waals surface area contributed by atoms with Gasteiger partial charge >= 0.3 is 0 Å². The number of piperazine rings is 1. The van der Waals surface area contributed by atoms with Crippen LogP contribution >= 0.6 is 0 Å². The summed E-state index contributed by atoms with van der Waals surface area (Å²) in [4.78, 5) is 16.9. The summed E-state index contributed by atoms with van der Waals surface area (Å²) in [6.45, 7) is 8.39. The van der Waals surface area contributed by atoms with Gasteiger partial charge in [0.2, 0.25) is 15.9 Å². The molecule has 0 aromatic heterocycles. The summed E-state index contributed by atoms with van der Waals surface area (Å²) in [5.41, 5.74) is 4.32. The first-order valence-electron chi connectivity index (χ1n) is 9.81. The predicted octanol–water partition coefficient (Wildman–Crippen LogP) is 2.58. The van der Waals surface area contributed by atoms with Crippen LogP contribution in [-0.2, 0) is 14.8 Å². The van der Waals surface area contributed by atoms with E-state index in [4.69, 9.17) is 0 Å². The lowest BCUT2D eigenvalue weighted by atomic mass is 10.1. The number of carbonyl (C=O) groups excluding carboxylic acids is 1. The van der Waals surface area contributed by atoms with E-state index in [-0.39, 0.29) is 17.3 Å². The van der Waals surface area contributed by atoms with Gasteiger partial charge in [-0.25, -0.2) is 8.42 Å². The number of hydrogen-bond acceptors (Lipinski definition) is 4. The minimum absolute atomic E-state index is 0.153. The van der Waals surface area contributed by atoms with E-state index in [1.807, 2.05) is 19.9 Å². The molecule has 6 nitrogen and oxygen atoms in total. The molecule has 2 aromatic rings. The van der Waals surface area contributed by atoms with Gasteiger partial charge in [-0.3, -0.25) is 4.79 Å². The summed E-state index contributed by atoms with van der Waals surface area (Å²) in [7, 11) is -2.23. The van der Waals surface area contributed by atoms with Crippen LogP contribution in [0.3, 0.4) is 0 Å². The molecule has 0 bridgehead atoms. The highest BCUT2D eigenvalue weighted by atomic mass is 32.2. The third-order valence-electron chi connectivity index (χ3n) is 5.54. The second kappa shape index (κ2) is 8.55. The molecule has 1 aliphatic rings. The number of amides is 1. The average molecular weight is 416 g/mol. The summed E-state index contributed by atoms with van der Waals surface area (Å²) in [5, 5.41) is 0. The Morgan fingerprint density at radius 2 is 1.66 bits per heavy atom. The highest BCUT2D eigenvalue weighted by Gasteiger charge is 2.27. The maximum absolute atomic E-state index is 12.8. The molecule has 1 fully saturated rings. The number of aryl methyl sites for hydroxylation is 3. The molecule has 1 saturated heterocycles. The molecule has 2 aromatic carbocycles. The predicted molar refractivity (Wildman–Crippen MR) is 116 cm³/mol. The van der Waals surface area contributed by atoms with E-state index in [1.165, 1.54) is 12.6 Å². The van der Waals surface area contributed by atoms with Crippen molar-refractivity contribution in [3.8, 4) is 0 Å². The Hall–Kier alpha value is -2.38. The molecule has 3 rings (SSSR count). The molecule has 0 radical (unpaired) electrons. The van der Waals surface area contributed by atoms with Crippen molar-refractivity contribution in [1.82, 2.24) is 9.21 Å². The Labute approximate surface area is 173 Å². The number of nitrogens with zero attached hydrogens (tertiary/aromatic N) is 3. The van der Waals surface area contributed by atoms with Gasteiger partial charge in [-0.1, -0.05) is 18.2 Å². The van der Waals surface area contributed by atoms with Crippen molar-refractivity contribution in [3.63, 3.8) is 0 Å². The number of likely N-dealkylation sites (N-methyl/N-ethyl adjacent to an activating group) is 1. The molecular weight excluding hydrogens is 386 g/mol. The lowest BCUT2D eigenvalue weighted by Crippen LogP contribution is -2.51. The second-order valence-electron chi connectivity index (χ2n) is 7.71. The molecule has 0 atom stereocenters. The standard InChI is InChI=1S/C22H29N3O3S/c1-17-6-5-7-20(14-17)24-10-12-25(13-11-24)22(26)16-23(4)29(27,28)21-9-8-18(2)19(3)15-21/h5-9,14-15H,10-13,16H2,1-4H3. The maximum Gasteiger partial charge on any atom is 0.243 e. The highest BCUT2D eigenvalue weighted by molar-refractivity contribution is 7.89. The van der Waals surface area contributed by atoms with Crippen molar-refractivity contribution in [3.05, 3.63) is 59.2 Å². The fourth-order valence-electron chi connectivity index (χ4n) is 3.47. The largest absolute Gasteiger partial charge is 0.368 e. The van der Waals surface area contributed by atoms with Crippen LogP contribution in [0.25, 0.3) is 0 Å². The Bertz CT molecular complexity index is 996. The van der Waals surface area contributed by atoms with Gasteiger partial charge in [0.25, 0.3) is 0 Å². The van der Waals surface area contributed by atoms with Gasteiger partial charge in [0, 0.05) is 38.9 Å². The summed E-state index contributed by atoms with van der Waals surface area (Å²) in [5.74, 6) is -0.163. The molecule has 1 aliphatic heterocycles. The zero-order valence-corrected chi connectivity index (χ0v) is 18.4. The van der Waals surface area contributed by atoms with E-state index in [2.05, 4.69) is 30.0 Å². The minimum Gasteiger partial charge on any atom is -0.368 e. The molecule has 0 spiro atoms. The maximum atomic E-state index is 12.8. The SMILES string of the molecule is Cc1cccc(N2CCN(C(=O)CN(C)S(=O)(=O)c3ccc(C)c(C)c3)CC2)c1. The second-order valence-corrected chi connectivity index (χ2v) is 9.76. The van der Waals surface area contributed by atoms with Gasteiger partial charge in [0.15, 0.2) is 0 Å². The van der Waals surface area contributed by atoms with E-state index >= 15 is 0 Å². The van der Waals surface area contributed by atoms with Gasteiger partial charge in [0.05, 0.1) is 11.4 Å². The summed E-state index contributed by atoms with van der Waals surface area (Å²) < 4.78 is 26.8. The normalized spacial score (nSPS) is 15.1.